The smallest absolute Gasteiger partial charge is 0.161 e. The highest BCUT2D eigenvalue weighted by Crippen LogP contribution is 2.31. The third kappa shape index (κ3) is 4.39. The summed E-state index contributed by atoms with van der Waals surface area (Å²) in [6.45, 7) is 4.36. The van der Waals surface area contributed by atoms with Gasteiger partial charge in [-0.15, -0.1) is 0 Å². The van der Waals surface area contributed by atoms with Crippen LogP contribution in [0.3, 0.4) is 0 Å². The number of nitrogens with one attached hydrogen (secondary N) is 1. The van der Waals surface area contributed by atoms with Crippen LogP contribution in [0.4, 0.5) is 0 Å². The summed E-state index contributed by atoms with van der Waals surface area (Å²) in [7, 11) is 3.38. The first-order valence-corrected chi connectivity index (χ1v) is 7.27. The lowest BCUT2D eigenvalue weighted by molar-refractivity contribution is 0.170. The van der Waals surface area contributed by atoms with Crippen molar-refractivity contribution in [2.75, 3.05) is 27.4 Å². The van der Waals surface area contributed by atoms with Gasteiger partial charge in [-0.25, -0.2) is 0 Å². The minimum absolute atomic E-state index is 0.642. The van der Waals surface area contributed by atoms with E-state index < -0.39 is 0 Å². The predicted octanol–water partition coefficient (Wildman–Crippen LogP) is 2.67. The Balaban J connectivity index is 2.00. The lowest BCUT2D eigenvalue weighted by Gasteiger charge is -2.15. The fraction of sp³-hybridized carbons (Fsp3) is 0.625. The Morgan fingerprint density at radius 3 is 2.60 bits per heavy atom. The fourth-order valence-electron chi connectivity index (χ4n) is 2.09. The Hall–Kier alpha value is -1.26. The molecule has 20 heavy (non-hydrogen) atoms. The Morgan fingerprint density at radius 1 is 1.15 bits per heavy atom. The lowest BCUT2D eigenvalue weighted by atomic mass is 10.1. The summed E-state index contributed by atoms with van der Waals surface area (Å²) in [5, 5.41) is 3.54. The van der Waals surface area contributed by atoms with Crippen molar-refractivity contribution in [1.82, 2.24) is 5.32 Å². The van der Waals surface area contributed by atoms with E-state index in [1.54, 1.807) is 14.2 Å². The molecule has 0 saturated heterocycles. The lowest BCUT2D eigenvalue weighted by Crippen LogP contribution is -2.16. The monoisotopic (exact) mass is 279 g/mol. The van der Waals surface area contributed by atoms with E-state index in [2.05, 4.69) is 24.4 Å². The summed E-state index contributed by atoms with van der Waals surface area (Å²) in [4.78, 5) is 0. The molecule has 0 spiro atoms. The second kappa shape index (κ2) is 7.50. The van der Waals surface area contributed by atoms with E-state index in [1.165, 1.54) is 24.0 Å². The second-order valence-corrected chi connectivity index (χ2v) is 5.28. The van der Waals surface area contributed by atoms with Crippen LogP contribution in [0, 0.1) is 6.92 Å². The van der Waals surface area contributed by atoms with Crippen LogP contribution in [-0.2, 0) is 11.3 Å². The number of aryl methyl sites for hydroxylation is 1. The molecule has 0 heterocycles. The van der Waals surface area contributed by atoms with Gasteiger partial charge < -0.3 is 19.5 Å². The highest BCUT2D eigenvalue weighted by atomic mass is 16.5. The zero-order valence-corrected chi connectivity index (χ0v) is 12.7. The second-order valence-electron chi connectivity index (χ2n) is 5.28. The molecule has 0 unspecified atom stereocenters. The van der Waals surface area contributed by atoms with Crippen LogP contribution >= 0.6 is 0 Å². The average molecular weight is 279 g/mol. The minimum atomic E-state index is 0.642. The topological polar surface area (TPSA) is 39.7 Å². The summed E-state index contributed by atoms with van der Waals surface area (Å²) in [5.74, 6) is 1.62. The van der Waals surface area contributed by atoms with Crippen molar-refractivity contribution in [3.63, 3.8) is 0 Å². The van der Waals surface area contributed by atoms with E-state index in [0.29, 0.717) is 19.3 Å². The number of benzene rings is 1. The molecule has 2 rings (SSSR count). The number of ether oxygens (including phenoxy) is 3. The zero-order chi connectivity index (χ0) is 14.4. The summed E-state index contributed by atoms with van der Waals surface area (Å²) < 4.78 is 16.2. The van der Waals surface area contributed by atoms with Crippen molar-refractivity contribution in [1.29, 1.82) is 0 Å². The number of hydrogen-bond acceptors (Lipinski definition) is 4. The highest BCUT2D eigenvalue weighted by molar-refractivity contribution is 5.47. The fourth-order valence-corrected chi connectivity index (χ4v) is 2.09. The average Bonchev–Trinajstić information content (AvgIpc) is 3.27. The van der Waals surface area contributed by atoms with Crippen molar-refractivity contribution in [2.45, 2.75) is 38.8 Å². The maximum Gasteiger partial charge on any atom is 0.161 e. The first-order valence-electron chi connectivity index (χ1n) is 7.27. The van der Waals surface area contributed by atoms with Gasteiger partial charge in [0.25, 0.3) is 0 Å². The van der Waals surface area contributed by atoms with Crippen molar-refractivity contribution in [3.8, 4) is 11.5 Å². The maximum absolute atomic E-state index is 5.82. The molecule has 4 nitrogen and oxygen atoms in total. The Labute approximate surface area is 121 Å². The molecule has 0 aliphatic heterocycles. The first kappa shape index (κ1) is 15.1. The minimum Gasteiger partial charge on any atom is -0.493 e. The van der Waals surface area contributed by atoms with Crippen LogP contribution in [0.1, 0.15) is 30.4 Å². The molecule has 1 aliphatic carbocycles. The molecule has 0 bridgehead atoms. The summed E-state index contributed by atoms with van der Waals surface area (Å²) in [5.41, 5.74) is 2.51. The van der Waals surface area contributed by atoms with Gasteiger partial charge in [0.15, 0.2) is 11.5 Å². The maximum atomic E-state index is 5.82. The van der Waals surface area contributed by atoms with Gasteiger partial charge in [-0.3, -0.25) is 0 Å². The van der Waals surface area contributed by atoms with Crippen LogP contribution in [0.5, 0.6) is 11.5 Å². The van der Waals surface area contributed by atoms with Crippen molar-refractivity contribution < 1.29 is 14.2 Å². The first-order chi connectivity index (χ1) is 9.74. The third-order valence-electron chi connectivity index (χ3n) is 3.53. The molecule has 0 radical (unpaired) electrons. The quantitative estimate of drug-likeness (QED) is 0.706. The predicted molar refractivity (Wildman–Crippen MR) is 79.6 cm³/mol. The normalized spacial score (nSPS) is 14.3. The zero-order valence-electron chi connectivity index (χ0n) is 12.7. The van der Waals surface area contributed by atoms with E-state index in [9.17, 15) is 0 Å². The highest BCUT2D eigenvalue weighted by Gasteiger charge is 2.20. The summed E-state index contributed by atoms with van der Waals surface area (Å²) >= 11 is 0. The summed E-state index contributed by atoms with van der Waals surface area (Å²) in [6.07, 6.45) is 3.48. The molecule has 0 atom stereocenters. The Morgan fingerprint density at radius 2 is 1.95 bits per heavy atom. The van der Waals surface area contributed by atoms with Crippen molar-refractivity contribution in [2.24, 2.45) is 0 Å². The van der Waals surface area contributed by atoms with Crippen LogP contribution < -0.4 is 14.8 Å². The molecule has 4 heteroatoms. The van der Waals surface area contributed by atoms with E-state index in [1.807, 2.05) is 0 Å². The largest absolute Gasteiger partial charge is 0.493 e. The van der Waals surface area contributed by atoms with Gasteiger partial charge >= 0.3 is 0 Å². The van der Waals surface area contributed by atoms with Gasteiger partial charge in [-0.2, -0.15) is 0 Å². The standard InChI is InChI=1S/C16H25NO3/c1-12-9-15(19-3)16(20-8-4-7-18-2)10-13(12)11-17-14-5-6-14/h9-10,14,17H,4-8,11H2,1-3H3. The van der Waals surface area contributed by atoms with E-state index >= 15 is 0 Å². The van der Waals surface area contributed by atoms with E-state index in [4.69, 9.17) is 14.2 Å². The molecule has 1 N–H and O–H groups in total. The van der Waals surface area contributed by atoms with Gasteiger partial charge in [-0.05, 0) is 43.0 Å². The van der Waals surface area contributed by atoms with Crippen LogP contribution in [-0.4, -0.2) is 33.5 Å². The van der Waals surface area contributed by atoms with Gasteiger partial charge in [0.05, 0.1) is 13.7 Å². The van der Waals surface area contributed by atoms with Crippen LogP contribution in [0.2, 0.25) is 0 Å². The molecule has 1 fully saturated rings. The molecule has 0 amide bonds. The molecule has 1 aromatic carbocycles. The molecule has 1 saturated carbocycles. The van der Waals surface area contributed by atoms with Gasteiger partial charge in [0, 0.05) is 32.7 Å². The number of hydrogen-bond donors (Lipinski definition) is 1. The number of rotatable bonds is 9. The molecular weight excluding hydrogens is 254 g/mol. The molecule has 1 aromatic rings. The Kier molecular flexibility index (Phi) is 5.68. The van der Waals surface area contributed by atoms with Crippen LogP contribution in [0.25, 0.3) is 0 Å². The van der Waals surface area contributed by atoms with Gasteiger partial charge in [0.1, 0.15) is 0 Å². The molecular formula is C16H25NO3. The molecule has 1 aliphatic rings. The van der Waals surface area contributed by atoms with Crippen molar-refractivity contribution >= 4 is 0 Å². The van der Waals surface area contributed by atoms with Crippen LogP contribution in [0.15, 0.2) is 12.1 Å². The number of methoxy groups -OCH3 is 2. The molecule has 112 valence electrons. The summed E-state index contributed by atoms with van der Waals surface area (Å²) in [6, 6.07) is 4.86. The molecule has 0 aromatic heterocycles. The third-order valence-corrected chi connectivity index (χ3v) is 3.53. The van der Waals surface area contributed by atoms with Gasteiger partial charge in [0.2, 0.25) is 0 Å². The van der Waals surface area contributed by atoms with E-state index in [0.717, 1.165) is 24.5 Å². The Bertz CT molecular complexity index is 430. The SMILES string of the molecule is COCCCOc1cc(CNC2CC2)c(C)cc1OC. The van der Waals surface area contributed by atoms with Crippen molar-refractivity contribution in [3.05, 3.63) is 23.3 Å². The van der Waals surface area contributed by atoms with Gasteiger partial charge in [-0.1, -0.05) is 0 Å². The van der Waals surface area contributed by atoms with E-state index in [-0.39, 0.29) is 0 Å².